The molecular weight excluding hydrogens is 627 g/mol. The number of aromatic nitrogens is 2. The number of fused-ring (bicyclic) bond motifs is 1. The first-order valence-electron chi connectivity index (χ1n) is 17.3. The van der Waals surface area contributed by atoms with Gasteiger partial charge in [-0.15, -0.1) is 0 Å². The van der Waals surface area contributed by atoms with Crippen molar-refractivity contribution in [3.8, 4) is 17.9 Å². The number of nitrogens with one attached hydrogen (secondary N) is 1. The van der Waals surface area contributed by atoms with Gasteiger partial charge in [0.05, 0.1) is 47.8 Å². The number of alkyl halides is 3. The van der Waals surface area contributed by atoms with E-state index in [1.165, 1.54) is 4.57 Å². The molecule has 262 valence electrons. The highest BCUT2D eigenvalue weighted by molar-refractivity contribution is 5.83. The number of aryl methyl sites for hydroxylation is 1. The van der Waals surface area contributed by atoms with Crippen LogP contribution in [-0.2, 0) is 23.2 Å². The summed E-state index contributed by atoms with van der Waals surface area (Å²) in [5.41, 5.74) is 2.57. The lowest BCUT2D eigenvalue weighted by molar-refractivity contribution is -0.140. The Hall–Kier alpha value is -4.06. The number of carbonyl (C=O) groups excluding carboxylic acids is 1. The number of likely N-dealkylation sites (N-methyl/N-ethyl adjacent to an activating group) is 1. The van der Waals surface area contributed by atoms with Crippen LogP contribution >= 0.6 is 0 Å². The lowest BCUT2D eigenvalue weighted by Gasteiger charge is -2.37. The predicted molar refractivity (Wildman–Crippen MR) is 187 cm³/mol. The first-order chi connectivity index (χ1) is 23.3. The monoisotopic (exact) mass is 675 g/mol. The summed E-state index contributed by atoms with van der Waals surface area (Å²) >= 11 is 0. The minimum absolute atomic E-state index is 0.218. The van der Waals surface area contributed by atoms with Crippen molar-refractivity contribution in [2.45, 2.75) is 76.6 Å². The maximum absolute atomic E-state index is 13.6. The third kappa shape index (κ3) is 9.77. The molecule has 2 aliphatic heterocycles. The molecule has 5 rings (SSSR count). The van der Waals surface area contributed by atoms with E-state index < -0.39 is 18.1 Å². The Morgan fingerprint density at radius 1 is 1.06 bits per heavy atom. The molecule has 0 unspecified atom stereocenters. The van der Waals surface area contributed by atoms with E-state index in [1.807, 2.05) is 23.1 Å². The number of nitriles is 1. The summed E-state index contributed by atoms with van der Waals surface area (Å²) in [6.07, 6.45) is 3.20. The van der Waals surface area contributed by atoms with E-state index in [-0.39, 0.29) is 12.5 Å². The molecule has 0 atom stereocenters. The number of carbonyl (C=O) groups is 1. The fourth-order valence-corrected chi connectivity index (χ4v) is 6.86. The normalized spacial score (nSPS) is 16.8. The fourth-order valence-electron chi connectivity index (χ4n) is 6.86. The number of hydrogen-bond acceptors (Lipinski definition) is 6. The topological polar surface area (TPSA) is 80.4 Å². The molecule has 11 heteroatoms. The van der Waals surface area contributed by atoms with Crippen LogP contribution < -0.4 is 5.32 Å². The summed E-state index contributed by atoms with van der Waals surface area (Å²) in [5, 5.41) is 13.2. The molecule has 4 heterocycles. The van der Waals surface area contributed by atoms with Gasteiger partial charge in [-0.3, -0.25) is 14.7 Å². The van der Waals surface area contributed by atoms with Crippen molar-refractivity contribution in [1.82, 2.24) is 24.3 Å². The highest BCUT2D eigenvalue weighted by Gasteiger charge is 2.30. The third-order valence-electron chi connectivity index (χ3n) is 10.1. The SMILES string of the molecule is CN1CCC(N(C)CC(=O)N2CCC(CCc3ccc4c(c3)cc(C#CCNc3ccc(C(C)(C)C#N)nc3)n4CC(F)(F)F)CC2)CC1. The molecule has 3 aromatic rings. The zero-order chi connectivity index (χ0) is 35.2. The van der Waals surface area contributed by atoms with Crippen LogP contribution in [0, 0.1) is 29.1 Å². The van der Waals surface area contributed by atoms with Crippen molar-refractivity contribution in [3.63, 3.8) is 0 Å². The molecule has 0 aliphatic carbocycles. The molecule has 1 N–H and O–H groups in total. The molecule has 2 aliphatic rings. The van der Waals surface area contributed by atoms with Crippen LogP contribution in [0.2, 0.25) is 0 Å². The molecule has 2 fully saturated rings. The number of amides is 1. The average molecular weight is 676 g/mol. The maximum Gasteiger partial charge on any atom is 0.406 e. The summed E-state index contributed by atoms with van der Waals surface area (Å²) in [5.74, 6) is 6.62. The zero-order valence-corrected chi connectivity index (χ0v) is 29.1. The summed E-state index contributed by atoms with van der Waals surface area (Å²) in [6.45, 7) is 6.89. The Balaban J connectivity index is 1.15. The minimum atomic E-state index is -4.39. The van der Waals surface area contributed by atoms with E-state index in [4.69, 9.17) is 0 Å². The van der Waals surface area contributed by atoms with Crippen molar-refractivity contribution < 1.29 is 18.0 Å². The maximum atomic E-state index is 13.6. The van der Waals surface area contributed by atoms with Crippen LogP contribution in [0.3, 0.4) is 0 Å². The van der Waals surface area contributed by atoms with Gasteiger partial charge in [0.2, 0.25) is 5.91 Å². The van der Waals surface area contributed by atoms with Crippen molar-refractivity contribution in [2.75, 3.05) is 58.7 Å². The smallest absolute Gasteiger partial charge is 0.373 e. The lowest BCUT2D eigenvalue weighted by Crippen LogP contribution is -2.48. The number of benzene rings is 1. The molecule has 0 radical (unpaired) electrons. The number of piperidine rings is 2. The Kier molecular flexibility index (Phi) is 11.6. The van der Waals surface area contributed by atoms with Gasteiger partial charge in [0.1, 0.15) is 6.54 Å². The second-order valence-electron chi connectivity index (χ2n) is 14.3. The van der Waals surface area contributed by atoms with Crippen molar-refractivity contribution in [3.05, 3.63) is 59.5 Å². The number of likely N-dealkylation sites (tertiary alicyclic amines) is 2. The zero-order valence-electron chi connectivity index (χ0n) is 29.1. The molecule has 0 bridgehead atoms. The number of pyridine rings is 1. The Morgan fingerprint density at radius 2 is 1.80 bits per heavy atom. The number of anilines is 1. The molecule has 1 aromatic carbocycles. The quantitative estimate of drug-likeness (QED) is 0.263. The Bertz CT molecular complexity index is 1680. The van der Waals surface area contributed by atoms with E-state index in [9.17, 15) is 23.2 Å². The molecular formula is C38H48F3N7O. The van der Waals surface area contributed by atoms with E-state index in [0.717, 1.165) is 75.7 Å². The molecule has 0 saturated carbocycles. The van der Waals surface area contributed by atoms with Gasteiger partial charge in [0, 0.05) is 30.0 Å². The van der Waals surface area contributed by atoms with Crippen LogP contribution in [0.15, 0.2) is 42.6 Å². The summed E-state index contributed by atoms with van der Waals surface area (Å²) < 4.78 is 42.0. The van der Waals surface area contributed by atoms with E-state index in [1.54, 1.807) is 38.2 Å². The Labute approximate surface area is 288 Å². The highest BCUT2D eigenvalue weighted by atomic mass is 19.4. The lowest BCUT2D eigenvalue weighted by atomic mass is 9.90. The van der Waals surface area contributed by atoms with Gasteiger partial charge in [-0.1, -0.05) is 12.0 Å². The summed E-state index contributed by atoms with van der Waals surface area (Å²) in [4.78, 5) is 23.9. The van der Waals surface area contributed by atoms with Gasteiger partial charge < -0.3 is 19.7 Å². The molecule has 0 spiro atoms. The van der Waals surface area contributed by atoms with Crippen LogP contribution in [0.25, 0.3) is 10.9 Å². The van der Waals surface area contributed by atoms with E-state index in [0.29, 0.717) is 41.1 Å². The molecule has 49 heavy (non-hydrogen) atoms. The average Bonchev–Trinajstić information content (AvgIpc) is 3.41. The van der Waals surface area contributed by atoms with Crippen molar-refractivity contribution in [1.29, 1.82) is 5.26 Å². The standard InChI is InChI=1S/C38H48F3N7O/c1-37(2,26-42)35-12-10-31(24-44-35)43-17-5-6-33-23-30-22-29(9-11-34(30)48(33)27-38(39,40)41)8-7-28-13-20-47(21-14-28)36(49)25-46(4)32-15-18-45(3)19-16-32/h9-12,22-24,28,32,43H,7-8,13-21,25,27H2,1-4H3. The number of halogens is 3. The summed E-state index contributed by atoms with van der Waals surface area (Å²) in [6, 6.07) is 13.7. The van der Waals surface area contributed by atoms with Gasteiger partial charge >= 0.3 is 6.18 Å². The second-order valence-corrected chi connectivity index (χ2v) is 14.3. The van der Waals surface area contributed by atoms with Crippen LogP contribution in [-0.4, -0.2) is 95.7 Å². The van der Waals surface area contributed by atoms with Crippen LogP contribution in [0.5, 0.6) is 0 Å². The highest BCUT2D eigenvalue weighted by Crippen LogP contribution is 2.28. The van der Waals surface area contributed by atoms with Crippen molar-refractivity contribution in [2.24, 2.45) is 5.92 Å². The first-order valence-corrected chi connectivity index (χ1v) is 17.3. The minimum Gasteiger partial charge on any atom is -0.373 e. The van der Waals surface area contributed by atoms with E-state index >= 15 is 0 Å². The van der Waals surface area contributed by atoms with Gasteiger partial charge in [0.15, 0.2) is 0 Å². The predicted octanol–water partition coefficient (Wildman–Crippen LogP) is 6.06. The third-order valence-corrected chi connectivity index (χ3v) is 10.1. The van der Waals surface area contributed by atoms with Gasteiger partial charge in [-0.2, -0.15) is 18.4 Å². The first kappa shape index (κ1) is 36.2. The number of nitrogens with zero attached hydrogens (tertiary/aromatic N) is 6. The number of rotatable bonds is 10. The molecule has 2 saturated heterocycles. The van der Waals surface area contributed by atoms with Gasteiger partial charge in [-0.25, -0.2) is 0 Å². The van der Waals surface area contributed by atoms with Crippen LogP contribution in [0.1, 0.15) is 62.9 Å². The Morgan fingerprint density at radius 3 is 2.45 bits per heavy atom. The molecule has 8 nitrogen and oxygen atoms in total. The largest absolute Gasteiger partial charge is 0.406 e. The summed E-state index contributed by atoms with van der Waals surface area (Å²) in [7, 11) is 4.22. The van der Waals surface area contributed by atoms with Crippen LogP contribution in [0.4, 0.5) is 18.9 Å². The number of hydrogen-bond donors (Lipinski definition) is 1. The molecule has 1 amide bonds. The fraction of sp³-hybridized carbons (Fsp3) is 0.553. The molecule has 2 aromatic heterocycles. The van der Waals surface area contributed by atoms with Gasteiger partial charge in [-0.05, 0) is 127 Å². The van der Waals surface area contributed by atoms with Crippen molar-refractivity contribution >= 4 is 22.5 Å². The van der Waals surface area contributed by atoms with Gasteiger partial charge in [0.25, 0.3) is 0 Å². The van der Waals surface area contributed by atoms with E-state index in [2.05, 4.69) is 52.1 Å². The second kappa shape index (κ2) is 15.7.